The van der Waals surface area contributed by atoms with Crippen molar-refractivity contribution in [3.05, 3.63) is 24.0 Å². The van der Waals surface area contributed by atoms with Crippen LogP contribution in [0.15, 0.2) is 18.2 Å². The number of nitrogen functional groups attached to an aromatic ring is 1. The number of nitrogens with one attached hydrogen (secondary N) is 1. The lowest BCUT2D eigenvalue weighted by Gasteiger charge is -2.25. The van der Waals surface area contributed by atoms with Crippen LogP contribution in [-0.2, 0) is 0 Å². The second kappa shape index (κ2) is 5.19. The Hall–Kier alpha value is -1.25. The molecule has 90 valence electrons. The van der Waals surface area contributed by atoms with E-state index in [1.54, 1.807) is 12.1 Å². The van der Waals surface area contributed by atoms with Crippen LogP contribution in [0.25, 0.3) is 0 Å². The van der Waals surface area contributed by atoms with E-state index in [2.05, 4.69) is 26.1 Å². The number of anilines is 2. The summed E-state index contributed by atoms with van der Waals surface area (Å²) in [5, 5.41) is 3.11. The van der Waals surface area contributed by atoms with Gasteiger partial charge in [-0.15, -0.1) is 0 Å². The third-order valence-corrected chi connectivity index (χ3v) is 2.72. The Balaban J connectivity index is 2.68. The maximum absolute atomic E-state index is 13.5. The highest BCUT2D eigenvalue weighted by atomic mass is 19.1. The van der Waals surface area contributed by atoms with Crippen molar-refractivity contribution in [2.24, 2.45) is 5.41 Å². The van der Waals surface area contributed by atoms with Gasteiger partial charge in [-0.1, -0.05) is 33.3 Å². The largest absolute Gasteiger partial charge is 0.397 e. The average molecular weight is 224 g/mol. The molecule has 0 radical (unpaired) electrons. The number of rotatable bonds is 5. The van der Waals surface area contributed by atoms with Crippen molar-refractivity contribution in [1.29, 1.82) is 0 Å². The smallest absolute Gasteiger partial charge is 0.148 e. The summed E-state index contributed by atoms with van der Waals surface area (Å²) >= 11 is 0. The fraction of sp³-hybridized carbons (Fsp3) is 0.538. The van der Waals surface area contributed by atoms with Crippen LogP contribution in [0.1, 0.15) is 33.6 Å². The van der Waals surface area contributed by atoms with Gasteiger partial charge < -0.3 is 11.1 Å². The molecule has 0 heterocycles. The van der Waals surface area contributed by atoms with Crippen LogP contribution in [0.5, 0.6) is 0 Å². The standard InChI is InChI=1S/C13H21FN2/c1-4-8-13(2,3)9-16-12-10(14)6-5-7-11(12)15/h5-7,16H,4,8-9,15H2,1-3H3. The van der Waals surface area contributed by atoms with E-state index < -0.39 is 0 Å². The van der Waals surface area contributed by atoms with E-state index >= 15 is 0 Å². The zero-order valence-corrected chi connectivity index (χ0v) is 10.3. The number of para-hydroxylation sites is 1. The van der Waals surface area contributed by atoms with Gasteiger partial charge in [-0.05, 0) is 24.0 Å². The maximum atomic E-state index is 13.5. The van der Waals surface area contributed by atoms with Gasteiger partial charge in [-0.2, -0.15) is 0 Å². The first-order chi connectivity index (χ1) is 7.46. The Kier molecular flexibility index (Phi) is 4.16. The van der Waals surface area contributed by atoms with E-state index in [-0.39, 0.29) is 11.2 Å². The minimum atomic E-state index is -0.285. The van der Waals surface area contributed by atoms with Gasteiger partial charge in [0.25, 0.3) is 0 Å². The molecule has 16 heavy (non-hydrogen) atoms. The van der Waals surface area contributed by atoms with Crippen LogP contribution in [0.3, 0.4) is 0 Å². The molecule has 0 aliphatic heterocycles. The van der Waals surface area contributed by atoms with Crippen molar-refractivity contribution in [3.63, 3.8) is 0 Å². The summed E-state index contributed by atoms with van der Waals surface area (Å²) in [6, 6.07) is 4.75. The van der Waals surface area contributed by atoms with Gasteiger partial charge >= 0.3 is 0 Å². The molecule has 1 rings (SSSR count). The topological polar surface area (TPSA) is 38.0 Å². The molecule has 1 aromatic rings. The Morgan fingerprint density at radius 2 is 2.06 bits per heavy atom. The first-order valence-corrected chi connectivity index (χ1v) is 5.74. The van der Waals surface area contributed by atoms with Crippen molar-refractivity contribution >= 4 is 11.4 Å². The van der Waals surface area contributed by atoms with Crippen LogP contribution < -0.4 is 11.1 Å². The number of halogens is 1. The summed E-state index contributed by atoms with van der Waals surface area (Å²) in [5.41, 5.74) is 6.77. The summed E-state index contributed by atoms with van der Waals surface area (Å²) in [5.74, 6) is -0.285. The summed E-state index contributed by atoms with van der Waals surface area (Å²) < 4.78 is 13.5. The molecule has 0 aliphatic carbocycles. The molecule has 0 spiro atoms. The Morgan fingerprint density at radius 1 is 1.38 bits per heavy atom. The lowest BCUT2D eigenvalue weighted by atomic mass is 9.88. The first kappa shape index (κ1) is 12.8. The Morgan fingerprint density at radius 3 is 2.62 bits per heavy atom. The van der Waals surface area contributed by atoms with Crippen molar-refractivity contribution in [1.82, 2.24) is 0 Å². The van der Waals surface area contributed by atoms with Gasteiger partial charge in [0.2, 0.25) is 0 Å². The van der Waals surface area contributed by atoms with Crippen LogP contribution in [-0.4, -0.2) is 6.54 Å². The van der Waals surface area contributed by atoms with E-state index in [1.165, 1.54) is 6.07 Å². The number of nitrogens with two attached hydrogens (primary N) is 1. The molecule has 0 amide bonds. The maximum Gasteiger partial charge on any atom is 0.148 e. The Labute approximate surface area is 97.0 Å². The second-order valence-corrected chi connectivity index (χ2v) is 4.97. The zero-order valence-electron chi connectivity index (χ0n) is 10.3. The lowest BCUT2D eigenvalue weighted by molar-refractivity contribution is 0.354. The van der Waals surface area contributed by atoms with Crippen molar-refractivity contribution < 1.29 is 4.39 Å². The molecular formula is C13H21FN2. The van der Waals surface area contributed by atoms with Gasteiger partial charge in [0.15, 0.2) is 0 Å². The zero-order chi connectivity index (χ0) is 12.2. The summed E-state index contributed by atoms with van der Waals surface area (Å²) in [6.07, 6.45) is 2.23. The van der Waals surface area contributed by atoms with Crippen LogP contribution in [0, 0.1) is 11.2 Å². The summed E-state index contributed by atoms with van der Waals surface area (Å²) in [4.78, 5) is 0. The quantitative estimate of drug-likeness (QED) is 0.749. The molecule has 0 fully saturated rings. The molecule has 0 bridgehead atoms. The van der Waals surface area contributed by atoms with Gasteiger partial charge in [0.05, 0.1) is 11.4 Å². The van der Waals surface area contributed by atoms with Gasteiger partial charge in [0, 0.05) is 6.54 Å². The minimum Gasteiger partial charge on any atom is -0.397 e. The molecule has 0 unspecified atom stereocenters. The lowest BCUT2D eigenvalue weighted by Crippen LogP contribution is -2.23. The minimum absolute atomic E-state index is 0.156. The molecule has 0 atom stereocenters. The molecule has 0 saturated heterocycles. The highest BCUT2D eigenvalue weighted by molar-refractivity contribution is 5.66. The SMILES string of the molecule is CCCC(C)(C)CNc1c(N)cccc1F. The monoisotopic (exact) mass is 224 g/mol. The van der Waals surface area contributed by atoms with Gasteiger partial charge in [-0.3, -0.25) is 0 Å². The molecule has 1 aromatic carbocycles. The normalized spacial score (nSPS) is 11.5. The summed E-state index contributed by atoms with van der Waals surface area (Å²) in [6.45, 7) is 7.21. The predicted molar refractivity (Wildman–Crippen MR) is 68.0 cm³/mol. The van der Waals surface area contributed by atoms with E-state index in [4.69, 9.17) is 5.73 Å². The van der Waals surface area contributed by atoms with Crippen molar-refractivity contribution in [3.8, 4) is 0 Å². The van der Waals surface area contributed by atoms with Gasteiger partial charge in [0.1, 0.15) is 5.82 Å². The van der Waals surface area contributed by atoms with E-state index in [9.17, 15) is 4.39 Å². The van der Waals surface area contributed by atoms with E-state index in [1.807, 2.05) is 0 Å². The first-order valence-electron chi connectivity index (χ1n) is 5.74. The molecule has 0 aliphatic rings. The van der Waals surface area contributed by atoms with Crippen LogP contribution in [0.2, 0.25) is 0 Å². The molecule has 0 aromatic heterocycles. The molecular weight excluding hydrogens is 203 g/mol. The average Bonchev–Trinajstić information content (AvgIpc) is 2.16. The number of hydrogen-bond acceptors (Lipinski definition) is 2. The van der Waals surface area contributed by atoms with E-state index in [0.29, 0.717) is 11.4 Å². The molecule has 0 saturated carbocycles. The van der Waals surface area contributed by atoms with Crippen LogP contribution >= 0.6 is 0 Å². The van der Waals surface area contributed by atoms with Crippen molar-refractivity contribution in [2.45, 2.75) is 33.6 Å². The molecule has 3 N–H and O–H groups in total. The third kappa shape index (κ3) is 3.40. The highest BCUT2D eigenvalue weighted by Gasteiger charge is 2.17. The summed E-state index contributed by atoms with van der Waals surface area (Å²) in [7, 11) is 0. The fourth-order valence-electron chi connectivity index (χ4n) is 1.82. The fourth-order valence-corrected chi connectivity index (χ4v) is 1.82. The Bertz CT molecular complexity index is 328. The van der Waals surface area contributed by atoms with Gasteiger partial charge in [-0.25, -0.2) is 4.39 Å². The third-order valence-electron chi connectivity index (χ3n) is 2.72. The highest BCUT2D eigenvalue weighted by Crippen LogP contribution is 2.26. The second-order valence-electron chi connectivity index (χ2n) is 4.97. The predicted octanol–water partition coefficient (Wildman–Crippen LogP) is 3.65. The molecule has 3 heteroatoms. The molecule has 2 nitrogen and oxygen atoms in total. The van der Waals surface area contributed by atoms with E-state index in [0.717, 1.165) is 19.4 Å². The number of benzene rings is 1. The number of hydrogen-bond donors (Lipinski definition) is 2. The van der Waals surface area contributed by atoms with Crippen molar-refractivity contribution in [2.75, 3.05) is 17.6 Å². The van der Waals surface area contributed by atoms with Crippen LogP contribution in [0.4, 0.5) is 15.8 Å².